The van der Waals surface area contributed by atoms with Crippen LogP contribution in [0.2, 0.25) is 0 Å². The number of carbonyl (C=O) groups excluding carboxylic acids is 1. The minimum absolute atomic E-state index is 0.00651. The van der Waals surface area contributed by atoms with Gasteiger partial charge in [-0.1, -0.05) is 6.92 Å². The lowest BCUT2D eigenvalue weighted by molar-refractivity contribution is -0.385. The van der Waals surface area contributed by atoms with Crippen LogP contribution in [0, 0.1) is 10.1 Å². The Balaban J connectivity index is 2.35. The number of nitro groups is 1. The fourth-order valence-corrected chi connectivity index (χ4v) is 3.20. The first-order valence-corrected chi connectivity index (χ1v) is 8.39. The van der Waals surface area contributed by atoms with Crippen molar-refractivity contribution in [3.8, 4) is 0 Å². The number of rotatable bonds is 5. The maximum Gasteiger partial charge on any atom is 0.345 e. The molecule has 0 saturated carbocycles. The number of benzene rings is 1. The van der Waals surface area contributed by atoms with Crippen LogP contribution in [0.25, 0.3) is 0 Å². The molecule has 0 radical (unpaired) electrons. The Labute approximate surface area is 143 Å². The minimum atomic E-state index is -0.667. The molecule has 1 saturated heterocycles. The lowest BCUT2D eigenvalue weighted by Crippen LogP contribution is -2.46. The van der Waals surface area contributed by atoms with Gasteiger partial charge in [0.05, 0.1) is 17.2 Å². The van der Waals surface area contributed by atoms with Crippen molar-refractivity contribution in [2.75, 3.05) is 44.2 Å². The number of likely N-dealkylation sites (N-methyl/N-ethyl adjacent to an activating group) is 1. The average Bonchev–Trinajstić information content (AvgIpc) is 2.54. The van der Waals surface area contributed by atoms with E-state index in [1.807, 2.05) is 0 Å². The van der Waals surface area contributed by atoms with Gasteiger partial charge in [0, 0.05) is 36.7 Å². The molecule has 1 aliphatic rings. The number of nitrogens with zero attached hydrogens (tertiary/aromatic N) is 3. The van der Waals surface area contributed by atoms with Crippen LogP contribution in [0.5, 0.6) is 0 Å². The summed E-state index contributed by atoms with van der Waals surface area (Å²) in [5.41, 5.74) is 0.536. The Kier molecular flexibility index (Phi) is 5.95. The first-order chi connectivity index (χ1) is 11.0. The van der Waals surface area contributed by atoms with E-state index in [2.05, 4.69) is 32.7 Å². The Morgan fingerprint density at radius 1 is 1.30 bits per heavy atom. The highest BCUT2D eigenvalue weighted by Crippen LogP contribution is 2.34. The zero-order valence-corrected chi connectivity index (χ0v) is 14.8. The Morgan fingerprint density at radius 2 is 1.96 bits per heavy atom. The molecule has 0 amide bonds. The van der Waals surface area contributed by atoms with E-state index in [0.29, 0.717) is 4.47 Å². The van der Waals surface area contributed by atoms with Gasteiger partial charge in [0.1, 0.15) is 5.56 Å². The molecule has 7 nitrogen and oxygen atoms in total. The van der Waals surface area contributed by atoms with Gasteiger partial charge in [-0.05, 0) is 35.5 Å². The summed E-state index contributed by atoms with van der Waals surface area (Å²) >= 11 is 3.39. The van der Waals surface area contributed by atoms with Crippen molar-refractivity contribution < 1.29 is 14.5 Å². The smallest absolute Gasteiger partial charge is 0.345 e. The first-order valence-electron chi connectivity index (χ1n) is 7.60. The van der Waals surface area contributed by atoms with Gasteiger partial charge >= 0.3 is 5.97 Å². The minimum Gasteiger partial charge on any atom is -0.462 e. The molecule has 1 heterocycles. The molecule has 0 aliphatic carbocycles. The topological polar surface area (TPSA) is 75.9 Å². The normalized spacial score (nSPS) is 15.5. The second-order valence-electron chi connectivity index (χ2n) is 5.22. The molecular formula is C15H20BrN3O4. The molecule has 0 aromatic heterocycles. The fourth-order valence-electron chi connectivity index (χ4n) is 2.62. The Hall–Kier alpha value is -1.67. The van der Waals surface area contributed by atoms with Gasteiger partial charge in [-0.3, -0.25) is 10.1 Å². The van der Waals surface area contributed by atoms with Crippen LogP contribution in [-0.2, 0) is 4.74 Å². The number of anilines is 1. The number of halogens is 1. The second kappa shape index (κ2) is 7.74. The van der Waals surface area contributed by atoms with Gasteiger partial charge in [-0.2, -0.15) is 0 Å². The zero-order chi connectivity index (χ0) is 17.0. The molecule has 1 aliphatic heterocycles. The van der Waals surface area contributed by atoms with Crippen LogP contribution < -0.4 is 4.90 Å². The maximum absolute atomic E-state index is 12.0. The molecule has 1 fully saturated rings. The fraction of sp³-hybridized carbons (Fsp3) is 0.533. The number of nitro benzene ring substituents is 1. The SMILES string of the molecule is CCOC(=O)c1cc(N2CCN(CC)CC2)c(Br)cc1[N+](=O)[O-]. The second-order valence-corrected chi connectivity index (χ2v) is 6.07. The largest absolute Gasteiger partial charge is 0.462 e. The molecular weight excluding hydrogens is 366 g/mol. The van der Waals surface area contributed by atoms with Gasteiger partial charge in [0.15, 0.2) is 0 Å². The van der Waals surface area contributed by atoms with E-state index in [9.17, 15) is 14.9 Å². The first kappa shape index (κ1) is 17.7. The average molecular weight is 386 g/mol. The maximum atomic E-state index is 12.0. The standard InChI is InChI=1S/C15H20BrN3O4/c1-3-17-5-7-18(8-6-17)14-9-11(15(20)23-4-2)13(19(21)22)10-12(14)16/h9-10H,3-8H2,1-2H3. The summed E-state index contributed by atoms with van der Waals surface area (Å²) in [6.45, 7) is 8.45. The van der Waals surface area contributed by atoms with Gasteiger partial charge < -0.3 is 14.5 Å². The summed E-state index contributed by atoms with van der Waals surface area (Å²) < 4.78 is 5.56. The third-order valence-corrected chi connectivity index (χ3v) is 4.55. The van der Waals surface area contributed by atoms with Crippen LogP contribution in [-0.4, -0.2) is 55.1 Å². The van der Waals surface area contributed by atoms with Crippen molar-refractivity contribution >= 4 is 33.3 Å². The molecule has 23 heavy (non-hydrogen) atoms. The van der Waals surface area contributed by atoms with Crippen LogP contribution >= 0.6 is 15.9 Å². The van der Waals surface area contributed by atoms with Crippen molar-refractivity contribution in [1.29, 1.82) is 0 Å². The molecule has 0 N–H and O–H groups in total. The molecule has 0 bridgehead atoms. The predicted molar refractivity (Wildman–Crippen MR) is 91.1 cm³/mol. The van der Waals surface area contributed by atoms with Gasteiger partial charge in [0.2, 0.25) is 0 Å². The number of piperazine rings is 1. The van der Waals surface area contributed by atoms with E-state index in [0.717, 1.165) is 38.4 Å². The quantitative estimate of drug-likeness (QED) is 0.440. The molecule has 1 aromatic rings. The third kappa shape index (κ3) is 4.00. The molecule has 1 aromatic carbocycles. The molecule has 0 spiro atoms. The molecule has 0 unspecified atom stereocenters. The lowest BCUT2D eigenvalue weighted by Gasteiger charge is -2.36. The summed E-state index contributed by atoms with van der Waals surface area (Å²) in [6, 6.07) is 2.94. The number of esters is 1. The van der Waals surface area contributed by atoms with Crippen molar-refractivity contribution in [2.45, 2.75) is 13.8 Å². The van der Waals surface area contributed by atoms with Gasteiger partial charge in [-0.15, -0.1) is 0 Å². The third-order valence-electron chi connectivity index (χ3n) is 3.92. The molecule has 0 atom stereocenters. The zero-order valence-electron chi connectivity index (χ0n) is 13.2. The van der Waals surface area contributed by atoms with E-state index < -0.39 is 10.9 Å². The summed E-state index contributed by atoms with van der Waals surface area (Å²) in [7, 11) is 0. The van der Waals surface area contributed by atoms with Crippen molar-refractivity contribution in [2.24, 2.45) is 0 Å². The van der Waals surface area contributed by atoms with Crippen molar-refractivity contribution in [1.82, 2.24) is 4.90 Å². The van der Waals surface area contributed by atoms with Crippen LogP contribution in [0.3, 0.4) is 0 Å². The number of ether oxygens (including phenoxy) is 1. The molecule has 126 valence electrons. The highest BCUT2D eigenvalue weighted by Gasteiger charge is 2.26. The monoisotopic (exact) mass is 385 g/mol. The Morgan fingerprint density at radius 3 is 2.48 bits per heavy atom. The van der Waals surface area contributed by atoms with E-state index in [-0.39, 0.29) is 17.9 Å². The number of hydrogen-bond donors (Lipinski definition) is 0. The lowest BCUT2D eigenvalue weighted by atomic mass is 10.1. The summed E-state index contributed by atoms with van der Waals surface area (Å²) in [5, 5.41) is 11.2. The van der Waals surface area contributed by atoms with E-state index >= 15 is 0 Å². The molecule has 2 rings (SSSR count). The Bertz CT molecular complexity index is 601. The van der Waals surface area contributed by atoms with E-state index in [4.69, 9.17) is 4.74 Å². The summed E-state index contributed by atoms with van der Waals surface area (Å²) in [6.07, 6.45) is 0. The highest BCUT2D eigenvalue weighted by molar-refractivity contribution is 9.10. The molecule has 8 heteroatoms. The number of carbonyl (C=O) groups is 1. The predicted octanol–water partition coefficient (Wildman–Crippen LogP) is 2.68. The summed E-state index contributed by atoms with van der Waals surface area (Å²) in [4.78, 5) is 27.2. The van der Waals surface area contributed by atoms with Gasteiger partial charge in [-0.25, -0.2) is 4.79 Å². The van der Waals surface area contributed by atoms with E-state index in [1.54, 1.807) is 13.0 Å². The van der Waals surface area contributed by atoms with Crippen LogP contribution in [0.1, 0.15) is 24.2 Å². The van der Waals surface area contributed by atoms with Crippen LogP contribution in [0.15, 0.2) is 16.6 Å². The van der Waals surface area contributed by atoms with Crippen LogP contribution in [0.4, 0.5) is 11.4 Å². The summed E-state index contributed by atoms with van der Waals surface area (Å²) in [5.74, 6) is -0.667. The highest BCUT2D eigenvalue weighted by atomic mass is 79.9. The van der Waals surface area contributed by atoms with Gasteiger partial charge in [0.25, 0.3) is 5.69 Å². The van der Waals surface area contributed by atoms with E-state index in [1.165, 1.54) is 6.07 Å². The van der Waals surface area contributed by atoms with Crippen molar-refractivity contribution in [3.63, 3.8) is 0 Å². The number of hydrogen-bond acceptors (Lipinski definition) is 6. The van der Waals surface area contributed by atoms with Crippen molar-refractivity contribution in [3.05, 3.63) is 32.3 Å².